The molecule has 1 amide bonds. The van der Waals surface area contributed by atoms with Crippen LogP contribution in [0.4, 0.5) is 4.79 Å². The molecule has 2 atom stereocenters. The number of nitrogens with zero attached hydrogens (tertiary/aromatic N) is 1. The lowest BCUT2D eigenvalue weighted by molar-refractivity contribution is 0.147. The van der Waals surface area contributed by atoms with Gasteiger partial charge in [0, 0.05) is 6.54 Å². The first-order valence-corrected chi connectivity index (χ1v) is 9.58. The molecule has 1 aromatic carbocycles. The quantitative estimate of drug-likeness (QED) is 0.296. The molecule has 1 aliphatic rings. The van der Waals surface area contributed by atoms with Crippen LogP contribution in [0.5, 0.6) is 0 Å². The number of aliphatic imine (C=N–C) groups is 1. The summed E-state index contributed by atoms with van der Waals surface area (Å²) in [6, 6.07) is 8.52. The Labute approximate surface area is 179 Å². The number of carbonyl (C=O) groups is 1. The van der Waals surface area contributed by atoms with Crippen molar-refractivity contribution in [3.8, 4) is 0 Å². The second-order valence-electron chi connectivity index (χ2n) is 6.75. The van der Waals surface area contributed by atoms with E-state index in [2.05, 4.69) is 48.0 Å². The molecule has 2 rings (SSSR count). The smallest absolute Gasteiger partial charge is 0.407 e. The van der Waals surface area contributed by atoms with Crippen LogP contribution in [0, 0.1) is 12.8 Å². The van der Waals surface area contributed by atoms with Crippen LogP contribution in [-0.2, 0) is 4.74 Å². The molecule has 7 heteroatoms. The highest BCUT2D eigenvalue weighted by atomic mass is 127. The Balaban J connectivity index is 0.00000364. The summed E-state index contributed by atoms with van der Waals surface area (Å²) < 4.78 is 5.01. The van der Waals surface area contributed by atoms with Crippen LogP contribution in [0.15, 0.2) is 29.3 Å². The molecule has 1 aliphatic carbocycles. The number of carbonyl (C=O) groups excluding carboxylic acids is 1. The maximum absolute atomic E-state index is 11.7. The van der Waals surface area contributed by atoms with Gasteiger partial charge < -0.3 is 20.7 Å². The Morgan fingerprint density at radius 1 is 1.26 bits per heavy atom. The van der Waals surface area contributed by atoms with Gasteiger partial charge in [-0.2, -0.15) is 0 Å². The topological polar surface area (TPSA) is 74.8 Å². The molecule has 1 saturated carbocycles. The Kier molecular flexibility index (Phi) is 10.5. The van der Waals surface area contributed by atoms with Crippen molar-refractivity contribution in [3.05, 3.63) is 35.4 Å². The van der Waals surface area contributed by atoms with E-state index in [4.69, 9.17) is 9.73 Å². The lowest BCUT2D eigenvalue weighted by atomic mass is 10.0. The highest BCUT2D eigenvalue weighted by Gasteiger charge is 2.32. The molecule has 2 unspecified atom stereocenters. The van der Waals surface area contributed by atoms with E-state index < -0.39 is 0 Å². The molecule has 0 aromatic heterocycles. The third-order valence-corrected chi connectivity index (χ3v) is 4.57. The first kappa shape index (κ1) is 23.5. The minimum atomic E-state index is -0.356. The van der Waals surface area contributed by atoms with Crippen LogP contribution in [0.2, 0.25) is 0 Å². The van der Waals surface area contributed by atoms with Crippen LogP contribution in [0.1, 0.15) is 50.8 Å². The van der Waals surface area contributed by atoms with E-state index in [-0.39, 0.29) is 42.2 Å². The number of rotatable bonds is 8. The number of aryl methyl sites for hydroxylation is 1. The van der Waals surface area contributed by atoms with Gasteiger partial charge in [-0.05, 0) is 57.6 Å². The largest absolute Gasteiger partial charge is 0.450 e. The molecule has 3 N–H and O–H groups in total. The predicted octanol–water partition coefficient (Wildman–Crippen LogP) is 3.75. The minimum Gasteiger partial charge on any atom is -0.450 e. The number of amides is 1. The highest BCUT2D eigenvalue weighted by Crippen LogP contribution is 2.32. The second-order valence-corrected chi connectivity index (χ2v) is 6.75. The van der Waals surface area contributed by atoms with Crippen molar-refractivity contribution in [2.24, 2.45) is 10.9 Å². The number of nitrogens with one attached hydrogen (secondary N) is 3. The molecule has 0 bridgehead atoms. The van der Waals surface area contributed by atoms with Crippen molar-refractivity contribution in [1.29, 1.82) is 0 Å². The molecule has 1 fully saturated rings. The minimum absolute atomic E-state index is 0. The van der Waals surface area contributed by atoms with E-state index in [0.29, 0.717) is 19.1 Å². The monoisotopic (exact) mass is 488 g/mol. The van der Waals surface area contributed by atoms with Gasteiger partial charge >= 0.3 is 6.09 Å². The number of ether oxygens (including phenoxy) is 1. The lowest BCUT2D eigenvalue weighted by Gasteiger charge is -2.21. The average Bonchev–Trinajstić information content (AvgIpc) is 3.44. The lowest BCUT2D eigenvalue weighted by Crippen LogP contribution is -2.42. The van der Waals surface area contributed by atoms with Crippen molar-refractivity contribution in [2.75, 3.05) is 19.7 Å². The molecule has 0 heterocycles. The molecular formula is C20H33IN4O2. The van der Waals surface area contributed by atoms with Gasteiger partial charge in [-0.1, -0.05) is 24.3 Å². The van der Waals surface area contributed by atoms with E-state index in [9.17, 15) is 4.79 Å². The van der Waals surface area contributed by atoms with E-state index in [1.54, 1.807) is 0 Å². The van der Waals surface area contributed by atoms with Crippen molar-refractivity contribution >= 4 is 36.0 Å². The second kappa shape index (κ2) is 12.0. The average molecular weight is 488 g/mol. The highest BCUT2D eigenvalue weighted by molar-refractivity contribution is 14.0. The molecule has 6 nitrogen and oxygen atoms in total. The fourth-order valence-corrected chi connectivity index (χ4v) is 3.00. The number of hydrogen-bond donors (Lipinski definition) is 3. The Bertz CT molecular complexity index is 620. The summed E-state index contributed by atoms with van der Waals surface area (Å²) in [5, 5.41) is 9.70. The van der Waals surface area contributed by atoms with Gasteiger partial charge in [0.15, 0.2) is 5.96 Å². The summed E-state index contributed by atoms with van der Waals surface area (Å²) in [5.41, 5.74) is 2.50. The van der Waals surface area contributed by atoms with E-state index in [1.807, 2.05) is 19.9 Å². The van der Waals surface area contributed by atoms with Crippen LogP contribution >= 0.6 is 24.0 Å². The van der Waals surface area contributed by atoms with Crippen molar-refractivity contribution < 1.29 is 9.53 Å². The third-order valence-electron chi connectivity index (χ3n) is 4.57. The first-order valence-electron chi connectivity index (χ1n) is 9.58. The first-order chi connectivity index (χ1) is 12.5. The fourth-order valence-electron chi connectivity index (χ4n) is 3.00. The summed E-state index contributed by atoms with van der Waals surface area (Å²) in [6.45, 7) is 9.80. The SMILES string of the molecule is CCNC(=NCC(NC(=O)OCC)C1CC1)NC(C)c1ccccc1C.I. The molecule has 0 saturated heterocycles. The van der Waals surface area contributed by atoms with Gasteiger partial charge in [0.1, 0.15) is 0 Å². The Morgan fingerprint density at radius 3 is 2.56 bits per heavy atom. The zero-order valence-electron chi connectivity index (χ0n) is 16.7. The molecule has 0 aliphatic heterocycles. The Hall–Kier alpha value is -1.51. The molecule has 1 aromatic rings. The molecule has 27 heavy (non-hydrogen) atoms. The fraction of sp³-hybridized carbons (Fsp3) is 0.600. The summed E-state index contributed by atoms with van der Waals surface area (Å²) in [4.78, 5) is 16.5. The maximum atomic E-state index is 11.7. The summed E-state index contributed by atoms with van der Waals surface area (Å²) >= 11 is 0. The van der Waals surface area contributed by atoms with Crippen LogP contribution in [-0.4, -0.2) is 37.8 Å². The van der Waals surface area contributed by atoms with E-state index in [1.165, 1.54) is 11.1 Å². The van der Waals surface area contributed by atoms with Gasteiger partial charge in [-0.15, -0.1) is 24.0 Å². The Morgan fingerprint density at radius 2 is 1.96 bits per heavy atom. The molecule has 0 radical (unpaired) electrons. The van der Waals surface area contributed by atoms with Crippen LogP contribution in [0.3, 0.4) is 0 Å². The van der Waals surface area contributed by atoms with Crippen molar-refractivity contribution in [1.82, 2.24) is 16.0 Å². The molecule has 0 spiro atoms. The summed E-state index contributed by atoms with van der Waals surface area (Å²) in [6.07, 6.45) is 1.91. The summed E-state index contributed by atoms with van der Waals surface area (Å²) in [5.74, 6) is 1.26. The molecular weight excluding hydrogens is 455 g/mol. The number of guanidine groups is 1. The van der Waals surface area contributed by atoms with E-state index >= 15 is 0 Å². The van der Waals surface area contributed by atoms with Gasteiger partial charge in [0.25, 0.3) is 0 Å². The van der Waals surface area contributed by atoms with Gasteiger partial charge in [0.2, 0.25) is 0 Å². The van der Waals surface area contributed by atoms with Crippen molar-refractivity contribution in [2.45, 2.75) is 52.6 Å². The summed E-state index contributed by atoms with van der Waals surface area (Å²) in [7, 11) is 0. The number of hydrogen-bond acceptors (Lipinski definition) is 3. The van der Waals surface area contributed by atoms with Gasteiger partial charge in [0.05, 0.1) is 25.2 Å². The number of benzene rings is 1. The number of alkyl carbamates (subject to hydrolysis) is 1. The zero-order valence-corrected chi connectivity index (χ0v) is 19.1. The van der Waals surface area contributed by atoms with Crippen LogP contribution in [0.25, 0.3) is 0 Å². The predicted molar refractivity (Wildman–Crippen MR) is 121 cm³/mol. The number of halogens is 1. The third kappa shape index (κ3) is 7.94. The normalized spacial score (nSPS) is 15.9. The van der Waals surface area contributed by atoms with Gasteiger partial charge in [-0.3, -0.25) is 4.99 Å². The maximum Gasteiger partial charge on any atom is 0.407 e. The van der Waals surface area contributed by atoms with E-state index in [0.717, 1.165) is 25.3 Å². The molecule has 152 valence electrons. The standard InChI is InChI=1S/C20H32N4O2.HI/c1-5-21-19(23-15(4)17-10-8-7-9-14(17)3)22-13-18(16-11-12-16)24-20(25)26-6-2;/h7-10,15-16,18H,5-6,11-13H2,1-4H3,(H,24,25)(H2,21,22,23);1H. The van der Waals surface area contributed by atoms with Crippen LogP contribution < -0.4 is 16.0 Å². The van der Waals surface area contributed by atoms with Gasteiger partial charge in [-0.25, -0.2) is 4.79 Å². The van der Waals surface area contributed by atoms with Crippen molar-refractivity contribution in [3.63, 3.8) is 0 Å². The zero-order chi connectivity index (χ0) is 18.9.